The topological polar surface area (TPSA) is 83.1 Å². The molecule has 1 rings (SSSR count). The molecule has 57 heavy (non-hydrogen) atoms. The van der Waals surface area contributed by atoms with Gasteiger partial charge in [-0.2, -0.15) is 0 Å². The largest absolute Gasteiger partial charge is 0.458 e. The zero-order valence-electron chi connectivity index (χ0n) is 39.4. The summed E-state index contributed by atoms with van der Waals surface area (Å²) in [6, 6.07) is 0. The normalized spacial score (nSPS) is 25.4. The van der Waals surface area contributed by atoms with Crippen LogP contribution in [0.1, 0.15) is 115 Å². The number of carbonyl (C=O) groups is 2. The Labute approximate surface area is 353 Å². The Bertz CT molecular complexity index is 1490. The molecule has 0 aliphatic carbocycles. The van der Waals surface area contributed by atoms with Gasteiger partial charge in [-0.3, -0.25) is 4.79 Å². The Morgan fingerprint density at radius 3 is 2.07 bits per heavy atom. The summed E-state index contributed by atoms with van der Waals surface area (Å²) in [6.07, 6.45) is 25.6. The third-order valence-corrected chi connectivity index (χ3v) is 21.0. The van der Waals surface area contributed by atoms with Crippen LogP contribution in [0.5, 0.6) is 0 Å². The van der Waals surface area contributed by atoms with Crippen molar-refractivity contribution in [3.63, 3.8) is 0 Å². The van der Waals surface area contributed by atoms with Crippen LogP contribution in [0.25, 0.3) is 0 Å². The average Bonchev–Trinajstić information content (AvgIpc) is 3.02. The molecule has 0 aromatic heterocycles. The van der Waals surface area contributed by atoms with Gasteiger partial charge in [0.25, 0.3) is 0 Å². The Kier molecular flexibility index (Phi) is 21.7. The zero-order chi connectivity index (χ0) is 43.8. The van der Waals surface area contributed by atoms with Crippen LogP contribution in [0.2, 0.25) is 55.9 Å². The van der Waals surface area contributed by atoms with Crippen molar-refractivity contribution in [2.24, 2.45) is 5.92 Å². The first-order chi connectivity index (χ1) is 26.0. The smallest absolute Gasteiger partial charge is 0.330 e. The number of hydrogen-bond donors (Lipinski definition) is 1. The average molecular weight is 842 g/mol. The van der Waals surface area contributed by atoms with Crippen molar-refractivity contribution < 1.29 is 27.6 Å². The van der Waals surface area contributed by atoms with Crippen LogP contribution in [0, 0.1) is 5.92 Å². The van der Waals surface area contributed by atoms with Gasteiger partial charge in [-0.15, -0.1) is 0 Å². The minimum absolute atomic E-state index is 0.0457. The second-order valence-corrected chi connectivity index (χ2v) is 34.3. The van der Waals surface area contributed by atoms with Crippen LogP contribution in [0.4, 0.5) is 0 Å². The monoisotopic (exact) mass is 842 g/mol. The number of carbonyl (C=O) groups excluding carboxylic acids is 2. The van der Waals surface area contributed by atoms with Crippen LogP contribution in [0.15, 0.2) is 83.7 Å². The molecule has 0 fully saturated rings. The molecule has 7 nitrogen and oxygen atoms in total. The van der Waals surface area contributed by atoms with E-state index in [4.69, 9.17) is 18.0 Å². The van der Waals surface area contributed by atoms with Crippen LogP contribution in [-0.4, -0.2) is 61.2 Å². The van der Waals surface area contributed by atoms with E-state index in [1.165, 1.54) is 0 Å². The predicted octanol–water partition coefficient (Wildman–Crippen LogP) is 13.0. The molecule has 0 aromatic carbocycles. The van der Waals surface area contributed by atoms with E-state index in [1.54, 1.807) is 18.4 Å². The maximum absolute atomic E-state index is 13.2. The number of esters is 1. The second-order valence-electron chi connectivity index (χ2n) is 20.3. The van der Waals surface area contributed by atoms with Gasteiger partial charge in [0.2, 0.25) is 5.91 Å². The van der Waals surface area contributed by atoms with E-state index >= 15 is 0 Å². The molecule has 1 N–H and O–H groups in total. The summed E-state index contributed by atoms with van der Waals surface area (Å²) in [5.41, 5.74) is 3.02. The van der Waals surface area contributed by atoms with E-state index in [1.807, 2.05) is 32.9 Å². The molecule has 1 aliphatic heterocycles. The Balaban J connectivity index is 3.63. The minimum Gasteiger partial charge on any atom is -0.458 e. The SMILES string of the molecule is CC(C)=CC(=O)N/C=C/C(C)=C/[C@@H](C)[C@H]1C/C(C)=C/C=C/CC[C@@H](O[Si](C)(C)C)[C@H](O[Si](C)(C)C(C)(C)C)/C=C/[C@H](O[Si](C)(C)C(C)(C)C)CCC/C=C/C(=O)O1. The zero-order valence-corrected chi connectivity index (χ0v) is 42.4. The van der Waals surface area contributed by atoms with E-state index in [0.29, 0.717) is 6.42 Å². The first kappa shape index (κ1) is 52.7. The molecule has 5 atom stereocenters. The fraction of sp³-hybridized carbons (Fsp3) is 0.660. The van der Waals surface area contributed by atoms with Crippen LogP contribution in [0.3, 0.4) is 0 Å². The van der Waals surface area contributed by atoms with Crippen molar-refractivity contribution in [1.29, 1.82) is 0 Å². The first-order valence-electron chi connectivity index (χ1n) is 21.2. The summed E-state index contributed by atoms with van der Waals surface area (Å²) in [6.45, 7) is 39.7. The summed E-state index contributed by atoms with van der Waals surface area (Å²) in [4.78, 5) is 25.3. The molecule has 0 unspecified atom stereocenters. The van der Waals surface area contributed by atoms with Gasteiger partial charge in [-0.1, -0.05) is 108 Å². The molecule has 0 saturated heterocycles. The lowest BCUT2D eigenvalue weighted by Crippen LogP contribution is -2.49. The minimum atomic E-state index is -2.17. The van der Waals surface area contributed by atoms with Gasteiger partial charge in [-0.25, -0.2) is 4.79 Å². The summed E-state index contributed by atoms with van der Waals surface area (Å²) in [5.74, 6) is -0.568. The highest BCUT2D eigenvalue weighted by Gasteiger charge is 2.42. The van der Waals surface area contributed by atoms with Gasteiger partial charge in [0, 0.05) is 30.7 Å². The van der Waals surface area contributed by atoms with Crippen molar-refractivity contribution in [3.05, 3.63) is 83.7 Å². The van der Waals surface area contributed by atoms with Crippen molar-refractivity contribution in [2.75, 3.05) is 0 Å². The van der Waals surface area contributed by atoms with E-state index in [0.717, 1.165) is 48.8 Å². The summed E-state index contributed by atoms with van der Waals surface area (Å²) < 4.78 is 27.4. The van der Waals surface area contributed by atoms with Crippen LogP contribution in [-0.2, 0) is 27.6 Å². The first-order valence-corrected chi connectivity index (χ1v) is 30.5. The Morgan fingerprint density at radius 2 is 1.49 bits per heavy atom. The highest BCUT2D eigenvalue weighted by molar-refractivity contribution is 6.74. The quantitative estimate of drug-likeness (QED) is 0.0733. The highest BCUT2D eigenvalue weighted by atomic mass is 28.4. The van der Waals surface area contributed by atoms with Crippen molar-refractivity contribution in [2.45, 2.75) is 195 Å². The molecule has 0 spiro atoms. The number of cyclic esters (lactones) is 1. The van der Waals surface area contributed by atoms with E-state index in [2.05, 4.69) is 143 Å². The number of hydrogen-bond acceptors (Lipinski definition) is 6. The molecule has 10 heteroatoms. The number of nitrogens with one attached hydrogen (secondary N) is 1. The molecular formula is C47H83NO6Si3. The standard InChI is InChI=1S/C47H83NO6Si3/c1-36(2)33-44(49)48-32-31-38(4)34-39(5)43-35-37(3)25-21-19-23-27-41(53-55(12,13)14)42(54-57(17,18)47(9,10)11)30-29-40(52-56(15,16)46(6,7)8)26-22-20-24-28-45(50)51-43/h19,21,24-25,28-34,39-43H,20,22-23,26-27,35H2,1-18H3,(H,48,49)/b21-19+,28-24+,30-29+,32-31+,37-25+,38-34+/t39-,40-,41-,42-,43-/m1/s1. The lowest BCUT2D eigenvalue weighted by atomic mass is 9.95. The summed E-state index contributed by atoms with van der Waals surface area (Å²) in [5, 5.41) is 2.89. The summed E-state index contributed by atoms with van der Waals surface area (Å²) in [7, 11) is -6.21. The molecular weight excluding hydrogens is 759 g/mol. The number of amides is 1. The van der Waals surface area contributed by atoms with Gasteiger partial charge in [0.05, 0.1) is 18.3 Å². The molecule has 0 bridgehead atoms. The predicted molar refractivity (Wildman–Crippen MR) is 251 cm³/mol. The fourth-order valence-corrected chi connectivity index (χ4v) is 9.47. The van der Waals surface area contributed by atoms with Gasteiger partial charge in [0.1, 0.15) is 6.10 Å². The maximum Gasteiger partial charge on any atom is 0.330 e. The fourth-order valence-electron chi connectivity index (χ4n) is 5.73. The second kappa shape index (κ2) is 23.4. The summed E-state index contributed by atoms with van der Waals surface area (Å²) >= 11 is 0. The van der Waals surface area contributed by atoms with Crippen molar-refractivity contribution in [1.82, 2.24) is 5.32 Å². The Hall–Kier alpha value is -2.35. The number of allylic oxidation sites excluding steroid dienone is 7. The van der Waals surface area contributed by atoms with Crippen molar-refractivity contribution >= 4 is 36.8 Å². The third-order valence-electron chi connectivity index (χ3n) is 11.0. The molecule has 1 heterocycles. The van der Waals surface area contributed by atoms with Crippen LogP contribution < -0.4 is 5.32 Å². The Morgan fingerprint density at radius 1 is 0.877 bits per heavy atom. The van der Waals surface area contributed by atoms with Gasteiger partial charge in [0.15, 0.2) is 25.0 Å². The van der Waals surface area contributed by atoms with Crippen molar-refractivity contribution in [3.8, 4) is 0 Å². The van der Waals surface area contributed by atoms with Gasteiger partial charge < -0.3 is 23.3 Å². The molecule has 0 radical (unpaired) electrons. The van der Waals surface area contributed by atoms with E-state index < -0.39 is 25.0 Å². The maximum atomic E-state index is 13.2. The lowest BCUT2D eigenvalue weighted by molar-refractivity contribution is -0.144. The highest BCUT2D eigenvalue weighted by Crippen LogP contribution is 2.40. The van der Waals surface area contributed by atoms with Crippen LogP contribution >= 0.6 is 0 Å². The molecule has 0 saturated carbocycles. The van der Waals surface area contributed by atoms with E-state index in [9.17, 15) is 9.59 Å². The number of rotatable bonds is 11. The lowest BCUT2D eigenvalue weighted by Gasteiger charge is -2.42. The molecule has 1 amide bonds. The molecule has 1 aliphatic rings. The molecule has 324 valence electrons. The van der Waals surface area contributed by atoms with Gasteiger partial charge in [-0.05, 0) is 122 Å². The van der Waals surface area contributed by atoms with Gasteiger partial charge >= 0.3 is 5.97 Å². The van der Waals surface area contributed by atoms with E-state index in [-0.39, 0.29) is 52.3 Å². The third kappa shape index (κ3) is 21.5. The number of ether oxygens (including phenoxy) is 1. The molecule has 0 aromatic rings.